The smallest absolute Gasteiger partial charge is 0.337 e. The average Bonchev–Trinajstić information content (AvgIpc) is 3.71. The number of nitrogens with two attached hydrogens (primary N) is 1. The number of nitrogen functional groups attached to an aromatic ring is 1. The van der Waals surface area contributed by atoms with Gasteiger partial charge in [0.15, 0.2) is 23.6 Å². The van der Waals surface area contributed by atoms with E-state index in [0.717, 1.165) is 145 Å². The first-order valence-electron chi connectivity index (χ1n) is 26.8. The lowest BCUT2D eigenvalue weighted by Crippen LogP contribution is -2.44. The fourth-order valence-electron chi connectivity index (χ4n) is 9.93. The monoisotopic (exact) mass is 1340 g/mol. The number of thiazole rings is 1. The van der Waals surface area contributed by atoms with E-state index in [4.69, 9.17) is 55.4 Å². The Morgan fingerprint density at radius 2 is 1.17 bits per heavy atom. The number of ether oxygens (including phenoxy) is 1. The zero-order valence-electron chi connectivity index (χ0n) is 48.1. The van der Waals surface area contributed by atoms with Gasteiger partial charge in [0.2, 0.25) is 0 Å². The van der Waals surface area contributed by atoms with Crippen LogP contribution in [-0.4, -0.2) is 164 Å². The van der Waals surface area contributed by atoms with Gasteiger partial charge in [0.05, 0.1) is 32.4 Å². The van der Waals surface area contributed by atoms with Crippen LogP contribution in [0.25, 0.3) is 64.6 Å². The van der Waals surface area contributed by atoms with Crippen LogP contribution in [0.3, 0.4) is 0 Å². The first kappa shape index (κ1) is 64.8. The van der Waals surface area contributed by atoms with Crippen molar-refractivity contribution in [2.45, 2.75) is 39.4 Å². The van der Waals surface area contributed by atoms with Gasteiger partial charge in [-0.05, 0) is 133 Å². The van der Waals surface area contributed by atoms with Crippen molar-refractivity contribution in [2.24, 2.45) is 21.1 Å². The zero-order valence-corrected chi connectivity index (χ0v) is 55.1. The van der Waals surface area contributed by atoms with Crippen molar-refractivity contribution < 1.29 is 14.6 Å². The van der Waals surface area contributed by atoms with Crippen LogP contribution in [0.1, 0.15) is 38.0 Å². The van der Waals surface area contributed by atoms with Crippen molar-refractivity contribution in [3.63, 3.8) is 0 Å². The second-order valence-electron chi connectivity index (χ2n) is 21.5. The molecular weight excluding hydrogens is 1270 g/mol. The van der Waals surface area contributed by atoms with Crippen molar-refractivity contribution in [2.75, 3.05) is 114 Å². The minimum atomic E-state index is -1.15. The zero-order chi connectivity index (χ0) is 58.4. The highest BCUT2D eigenvalue weighted by Crippen LogP contribution is 2.45. The van der Waals surface area contributed by atoms with Gasteiger partial charge in [0.25, 0.3) is 0 Å². The molecule has 16 nitrogen and oxygen atoms in total. The van der Waals surface area contributed by atoms with E-state index in [1.807, 2.05) is 114 Å². The van der Waals surface area contributed by atoms with Crippen molar-refractivity contribution in [3.05, 3.63) is 110 Å². The number of halogens is 6. The maximum absolute atomic E-state index is 12.7. The fourth-order valence-corrected chi connectivity index (χ4v) is 12.5. The van der Waals surface area contributed by atoms with Gasteiger partial charge in [-0.25, -0.2) is 9.78 Å². The number of aliphatic carboxylic acids is 1. The third-order valence-electron chi connectivity index (χ3n) is 14.3. The van der Waals surface area contributed by atoms with E-state index in [1.54, 1.807) is 16.0 Å². The summed E-state index contributed by atoms with van der Waals surface area (Å²) < 4.78 is 14.9. The predicted molar refractivity (Wildman–Crippen MR) is 353 cm³/mol. The van der Waals surface area contributed by atoms with Gasteiger partial charge < -0.3 is 40.1 Å². The van der Waals surface area contributed by atoms with Gasteiger partial charge in [-0.3, -0.25) is 14.0 Å². The summed E-state index contributed by atoms with van der Waals surface area (Å²) in [7, 11) is 12.2. The molecule has 0 radical (unpaired) electrons. The van der Waals surface area contributed by atoms with Gasteiger partial charge in [-0.2, -0.15) is 15.3 Å². The van der Waals surface area contributed by atoms with Gasteiger partial charge in [-0.15, -0.1) is 46.9 Å². The number of hydrogen-bond donors (Lipinski definition) is 2. The van der Waals surface area contributed by atoms with E-state index in [2.05, 4.69) is 117 Å². The normalized spacial score (nSPS) is 14.6. The molecule has 2 fully saturated rings. The number of carboxylic acid groups (broad SMARTS) is 1. The topological polar surface area (TPSA) is 155 Å². The number of anilines is 3. The van der Waals surface area contributed by atoms with Gasteiger partial charge >= 0.3 is 5.97 Å². The molecule has 440 valence electrons. The minimum Gasteiger partial charge on any atom is -0.479 e. The summed E-state index contributed by atoms with van der Waals surface area (Å²) in [5, 5.41) is 28.8. The van der Waals surface area contributed by atoms with E-state index in [-0.39, 0.29) is 12.4 Å². The Hall–Kier alpha value is -4.77. The molecule has 82 heavy (non-hydrogen) atoms. The maximum Gasteiger partial charge on any atom is 0.337 e. The Kier molecular flexibility index (Phi) is 22.4. The third kappa shape index (κ3) is 15.6. The van der Waals surface area contributed by atoms with Crippen LogP contribution < -0.4 is 15.5 Å². The number of alkyl halides is 2. The summed E-state index contributed by atoms with van der Waals surface area (Å²) in [4.78, 5) is 29.3. The van der Waals surface area contributed by atoms with E-state index in [1.165, 1.54) is 10.9 Å². The van der Waals surface area contributed by atoms with Crippen LogP contribution in [0.5, 0.6) is 0 Å². The van der Waals surface area contributed by atoms with E-state index < -0.39 is 17.7 Å². The summed E-state index contributed by atoms with van der Waals surface area (Å²) in [5.74, 6) is 3.03. The number of fused-ring (bicyclic) bond motifs is 4. The molecule has 5 aromatic carbocycles. The number of nitrogens with zero attached hydrogens (tertiary/aromatic N) is 12. The summed E-state index contributed by atoms with van der Waals surface area (Å²) in [6.45, 7) is 17.6. The number of piperazine rings is 2. The standard InChI is InChI=1S/C33H36ClN5O3S.C13H17BrN4.C8H8BrN3.C5H11Cl2N.ClH/c1-19-17-24-29(27(20-7-10-22(34)11-8-20)26(19)28(32(40)41)42-33(2,3)4)43-31(35-24)21-9-12-25-23(18-21)30(36-38(25)6)39-15-13-37(5)14-16-39;1-16-5-7-18(8-6-16)13-11-9-10(14)3-4-12(11)17(2)15-13;1-12-7-3-2-5(9)4-6(7)8(10)11-12;1-8(4-2-6)5-3-7;/h7-12,17-18,28H,13-16H2,1-6H3,(H,40,41);3-4,9H,5-8H2,1-2H3;2-4H,1H3,(H2,10,11);2-5H2,1H3;1H/t28-;;;;/m0..../s1. The Balaban J connectivity index is 0.000000201. The lowest BCUT2D eigenvalue weighted by molar-refractivity contribution is -0.160. The molecule has 11 rings (SSSR count). The Labute approximate surface area is 522 Å². The Morgan fingerprint density at radius 3 is 1.67 bits per heavy atom. The molecule has 0 aliphatic carbocycles. The highest BCUT2D eigenvalue weighted by Gasteiger charge is 2.33. The lowest BCUT2D eigenvalue weighted by Gasteiger charge is -2.32. The van der Waals surface area contributed by atoms with E-state index in [9.17, 15) is 9.90 Å². The number of aryl methyl sites for hydroxylation is 4. The van der Waals surface area contributed by atoms with E-state index >= 15 is 0 Å². The van der Waals surface area contributed by atoms with Gasteiger partial charge in [0.1, 0.15) is 5.01 Å². The van der Waals surface area contributed by atoms with Crippen molar-refractivity contribution >= 4 is 157 Å². The summed E-state index contributed by atoms with van der Waals surface area (Å²) in [5.41, 5.74) is 13.3. The van der Waals surface area contributed by atoms with Gasteiger partial charge in [0, 0.05) is 145 Å². The largest absolute Gasteiger partial charge is 0.479 e. The highest BCUT2D eigenvalue weighted by atomic mass is 79.9. The third-order valence-corrected chi connectivity index (χ3v) is 17.0. The number of carboxylic acids is 1. The average molecular weight is 1350 g/mol. The molecule has 4 aromatic heterocycles. The number of aromatic nitrogens is 7. The molecule has 23 heteroatoms. The van der Waals surface area contributed by atoms with Gasteiger partial charge in [-0.1, -0.05) is 55.6 Å². The van der Waals surface area contributed by atoms with Crippen molar-refractivity contribution in [3.8, 4) is 21.7 Å². The van der Waals surface area contributed by atoms with Crippen LogP contribution >= 0.6 is 90.4 Å². The Bertz CT molecular complexity index is 3620. The number of rotatable bonds is 11. The number of carbonyl (C=O) groups is 1. The summed E-state index contributed by atoms with van der Waals surface area (Å²) in [6.07, 6.45) is -1.15. The number of likely N-dealkylation sites (N-methyl/N-ethyl adjacent to an activating group) is 2. The van der Waals surface area contributed by atoms with Crippen LogP contribution in [0.4, 0.5) is 17.5 Å². The summed E-state index contributed by atoms with van der Waals surface area (Å²) in [6, 6.07) is 28.2. The van der Waals surface area contributed by atoms with E-state index in [0.29, 0.717) is 28.2 Å². The second kappa shape index (κ2) is 28.4. The SMILES string of the molecule is CN(CCCl)CCCl.CN1CCN(c2nn(C)c3ccc(Br)cc23)CC1.Cc1cc2nc(-c3ccc4c(c3)c(N3CCN(C)CC3)nn4C)sc2c(-c2ccc(Cl)cc2)c1[C@H](OC(C)(C)C)C(=O)O.Cl.Cn1nc(N)c2cc(Br)ccc21. The number of hydrogen-bond acceptors (Lipinski definition) is 13. The molecular formula is C59H73Br2Cl4N13O3S. The molecule has 0 spiro atoms. The summed E-state index contributed by atoms with van der Waals surface area (Å²) >= 11 is 25.6. The molecule has 0 amide bonds. The molecule has 2 aliphatic rings. The minimum absolute atomic E-state index is 0. The maximum atomic E-state index is 12.7. The predicted octanol–water partition coefficient (Wildman–Crippen LogP) is 13.0. The molecule has 0 bridgehead atoms. The number of benzene rings is 5. The van der Waals surface area contributed by atoms with Crippen molar-refractivity contribution in [1.82, 2.24) is 49.0 Å². The molecule has 6 heterocycles. The molecule has 9 aromatic rings. The molecule has 3 N–H and O–H groups in total. The lowest BCUT2D eigenvalue weighted by atomic mass is 9.91. The molecule has 2 aliphatic heterocycles. The molecule has 0 unspecified atom stereocenters. The first-order chi connectivity index (χ1) is 38.5. The molecule has 0 saturated carbocycles. The van der Waals surface area contributed by atoms with Crippen LogP contribution in [0.15, 0.2) is 93.9 Å². The quantitative estimate of drug-likeness (QED) is 0.118. The van der Waals surface area contributed by atoms with Crippen molar-refractivity contribution in [1.29, 1.82) is 0 Å². The molecule has 2 saturated heterocycles. The second-order valence-corrected chi connectivity index (χ2v) is 25.5. The Morgan fingerprint density at radius 1 is 0.707 bits per heavy atom. The van der Waals surface area contributed by atoms with Crippen LogP contribution in [0.2, 0.25) is 5.02 Å². The van der Waals surface area contributed by atoms with Crippen LogP contribution in [-0.2, 0) is 30.7 Å². The van der Waals surface area contributed by atoms with Crippen LogP contribution in [0, 0.1) is 6.92 Å². The first-order valence-corrected chi connectivity index (χ1v) is 30.6. The fraction of sp³-hybridized carbons (Fsp3) is 0.407. The molecule has 1 atom stereocenters. The highest BCUT2D eigenvalue weighted by molar-refractivity contribution is 9.10.